The van der Waals surface area contributed by atoms with Crippen molar-refractivity contribution in [2.75, 3.05) is 20.2 Å². The van der Waals surface area contributed by atoms with Crippen molar-refractivity contribution in [2.24, 2.45) is 17.8 Å². The van der Waals surface area contributed by atoms with E-state index < -0.39 is 53.8 Å². The monoisotopic (exact) mass is 620 g/mol. The third-order valence-corrected chi connectivity index (χ3v) is 6.58. The van der Waals surface area contributed by atoms with E-state index >= 15 is 0 Å². The van der Waals surface area contributed by atoms with Gasteiger partial charge in [-0.3, -0.25) is 4.79 Å². The number of ether oxygens (including phenoxy) is 2. The number of nitrogens with zero attached hydrogens (tertiary/aromatic N) is 1. The van der Waals surface area contributed by atoms with Crippen LogP contribution in [0.5, 0.6) is 0 Å². The molecule has 0 saturated heterocycles. The molecule has 0 radical (unpaired) electrons. The predicted octanol–water partition coefficient (Wildman–Crippen LogP) is 4.27. The van der Waals surface area contributed by atoms with Crippen molar-refractivity contribution in [3.63, 3.8) is 0 Å². The highest BCUT2D eigenvalue weighted by Gasteiger charge is 2.32. The standard InChI is InChI=1S/C33H56N4O7/c1-21(2)16-26(29(39)34-27(17-22(3)4)30(40)43-10)35-31(41)37(19-23(5)6)20-28(38)25(18-24-14-12-11-13-15-24)36-32(42)44-33(7,8)9/h11-15,21-23,25-28,38H,16-20H2,1-10H3,(H,34,39)(H,35,41)(H,36,42). The summed E-state index contributed by atoms with van der Waals surface area (Å²) in [5, 5.41) is 19.8. The van der Waals surface area contributed by atoms with E-state index in [1.165, 1.54) is 12.0 Å². The van der Waals surface area contributed by atoms with E-state index in [2.05, 4.69) is 16.0 Å². The minimum atomic E-state index is -1.15. The van der Waals surface area contributed by atoms with E-state index in [0.29, 0.717) is 25.8 Å². The van der Waals surface area contributed by atoms with E-state index in [1.54, 1.807) is 20.8 Å². The molecule has 0 saturated carbocycles. The van der Waals surface area contributed by atoms with E-state index in [1.807, 2.05) is 71.9 Å². The number of urea groups is 1. The molecule has 0 heterocycles. The number of esters is 1. The number of rotatable bonds is 16. The summed E-state index contributed by atoms with van der Waals surface area (Å²) in [5.74, 6) is -0.801. The zero-order chi connectivity index (χ0) is 33.6. The number of carbonyl (C=O) groups excluding carboxylic acids is 4. The fraction of sp³-hybridized carbons (Fsp3) is 0.697. The molecular formula is C33H56N4O7. The molecule has 0 spiro atoms. The summed E-state index contributed by atoms with van der Waals surface area (Å²) in [7, 11) is 1.27. The molecule has 4 amide bonds. The smallest absolute Gasteiger partial charge is 0.407 e. The third kappa shape index (κ3) is 15.4. The SMILES string of the molecule is COC(=O)C(CC(C)C)NC(=O)C(CC(C)C)NC(=O)N(CC(C)C)CC(O)C(Cc1ccccc1)NC(=O)OC(C)(C)C. The van der Waals surface area contributed by atoms with E-state index in [0.717, 1.165) is 5.56 Å². The quantitative estimate of drug-likeness (QED) is 0.202. The number of aliphatic hydroxyl groups excluding tert-OH is 1. The fourth-order valence-corrected chi connectivity index (χ4v) is 4.69. The molecule has 11 heteroatoms. The van der Waals surface area contributed by atoms with Gasteiger partial charge < -0.3 is 35.4 Å². The summed E-state index contributed by atoms with van der Waals surface area (Å²) in [6, 6.07) is 6.35. The van der Waals surface area contributed by atoms with E-state index in [4.69, 9.17) is 9.47 Å². The molecule has 1 aromatic rings. The van der Waals surface area contributed by atoms with Gasteiger partial charge in [0, 0.05) is 6.54 Å². The van der Waals surface area contributed by atoms with Crippen LogP contribution in [0.1, 0.15) is 80.7 Å². The molecule has 0 aromatic heterocycles. The molecule has 0 fully saturated rings. The largest absolute Gasteiger partial charge is 0.467 e. The number of methoxy groups -OCH3 is 1. The second kappa shape index (κ2) is 18.5. The number of hydrogen-bond donors (Lipinski definition) is 4. The van der Waals surface area contributed by atoms with Gasteiger partial charge in [0.1, 0.15) is 17.7 Å². The molecular weight excluding hydrogens is 564 g/mol. The van der Waals surface area contributed by atoms with Gasteiger partial charge in [0.15, 0.2) is 0 Å². The van der Waals surface area contributed by atoms with Crippen LogP contribution in [0.4, 0.5) is 9.59 Å². The lowest BCUT2D eigenvalue weighted by molar-refractivity contribution is -0.145. The molecule has 11 nitrogen and oxygen atoms in total. The van der Waals surface area contributed by atoms with Gasteiger partial charge in [0.05, 0.1) is 25.8 Å². The van der Waals surface area contributed by atoms with Crippen molar-refractivity contribution in [1.29, 1.82) is 0 Å². The van der Waals surface area contributed by atoms with E-state index in [9.17, 15) is 24.3 Å². The number of aliphatic hydroxyl groups is 1. The first-order chi connectivity index (χ1) is 20.4. The van der Waals surface area contributed by atoms with Crippen molar-refractivity contribution in [1.82, 2.24) is 20.9 Å². The topological polar surface area (TPSA) is 146 Å². The highest BCUT2D eigenvalue weighted by atomic mass is 16.6. The number of nitrogens with one attached hydrogen (secondary N) is 3. The van der Waals surface area contributed by atoms with Gasteiger partial charge >= 0.3 is 18.1 Å². The maximum absolute atomic E-state index is 13.7. The highest BCUT2D eigenvalue weighted by Crippen LogP contribution is 2.14. The zero-order valence-corrected chi connectivity index (χ0v) is 28.3. The Labute approximate surface area is 263 Å². The number of benzene rings is 1. The Bertz CT molecular complexity index is 1040. The molecule has 1 rings (SSSR count). The summed E-state index contributed by atoms with van der Waals surface area (Å²) in [6.45, 7) is 17.1. The lowest BCUT2D eigenvalue weighted by Crippen LogP contribution is -2.57. The lowest BCUT2D eigenvalue weighted by atomic mass is 10.00. The first kappa shape index (κ1) is 38.7. The first-order valence-electron chi connectivity index (χ1n) is 15.6. The van der Waals surface area contributed by atoms with Crippen LogP contribution in [-0.4, -0.2) is 84.0 Å². The molecule has 4 unspecified atom stereocenters. The van der Waals surface area contributed by atoms with Crippen LogP contribution in [0.15, 0.2) is 30.3 Å². The average molecular weight is 621 g/mol. The van der Waals surface area contributed by atoms with Crippen LogP contribution in [0.25, 0.3) is 0 Å². The molecule has 4 N–H and O–H groups in total. The Kier molecular flexibility index (Phi) is 16.2. The van der Waals surface area contributed by atoms with Crippen LogP contribution >= 0.6 is 0 Å². The number of carbonyl (C=O) groups is 4. The minimum Gasteiger partial charge on any atom is -0.467 e. The molecule has 4 atom stereocenters. The Morgan fingerprint density at radius 1 is 0.818 bits per heavy atom. The lowest BCUT2D eigenvalue weighted by Gasteiger charge is -2.33. The number of alkyl carbamates (subject to hydrolysis) is 1. The zero-order valence-electron chi connectivity index (χ0n) is 28.3. The van der Waals surface area contributed by atoms with Gasteiger partial charge in [0.25, 0.3) is 0 Å². The summed E-state index contributed by atoms with van der Waals surface area (Å²) >= 11 is 0. The number of amides is 4. The Morgan fingerprint density at radius 2 is 1.39 bits per heavy atom. The predicted molar refractivity (Wildman–Crippen MR) is 171 cm³/mol. The van der Waals surface area contributed by atoms with Gasteiger partial charge in [-0.05, 0) is 63.4 Å². The molecule has 0 aliphatic carbocycles. The summed E-state index contributed by atoms with van der Waals surface area (Å²) in [4.78, 5) is 53.6. The minimum absolute atomic E-state index is 0.0476. The van der Waals surface area contributed by atoms with Crippen molar-refractivity contribution < 1.29 is 33.8 Å². The second-order valence-corrected chi connectivity index (χ2v) is 13.7. The van der Waals surface area contributed by atoms with Crippen molar-refractivity contribution >= 4 is 24.0 Å². The maximum Gasteiger partial charge on any atom is 0.407 e. The number of hydrogen-bond acceptors (Lipinski definition) is 7. The summed E-state index contributed by atoms with van der Waals surface area (Å²) in [6.07, 6.45) is -0.796. The van der Waals surface area contributed by atoms with Crippen molar-refractivity contribution in [2.45, 2.75) is 111 Å². The van der Waals surface area contributed by atoms with Gasteiger partial charge in [-0.2, -0.15) is 0 Å². The van der Waals surface area contributed by atoms with Crippen LogP contribution in [0.3, 0.4) is 0 Å². The van der Waals surface area contributed by atoms with Crippen molar-refractivity contribution in [3.05, 3.63) is 35.9 Å². The molecule has 44 heavy (non-hydrogen) atoms. The maximum atomic E-state index is 13.7. The van der Waals surface area contributed by atoms with Gasteiger partial charge in [-0.15, -0.1) is 0 Å². The Hall–Kier alpha value is -3.34. The molecule has 0 aliphatic heterocycles. The van der Waals surface area contributed by atoms with Gasteiger partial charge in [-0.25, -0.2) is 14.4 Å². The van der Waals surface area contributed by atoms with Gasteiger partial charge in [0.2, 0.25) is 5.91 Å². The average Bonchev–Trinajstić information content (AvgIpc) is 2.89. The van der Waals surface area contributed by atoms with Crippen LogP contribution in [0.2, 0.25) is 0 Å². The fourth-order valence-electron chi connectivity index (χ4n) is 4.69. The third-order valence-electron chi connectivity index (χ3n) is 6.58. The van der Waals surface area contributed by atoms with Crippen LogP contribution < -0.4 is 16.0 Å². The van der Waals surface area contributed by atoms with E-state index in [-0.39, 0.29) is 24.3 Å². The highest BCUT2D eigenvalue weighted by molar-refractivity contribution is 5.90. The molecule has 0 aliphatic rings. The Morgan fingerprint density at radius 3 is 1.89 bits per heavy atom. The molecule has 1 aromatic carbocycles. The first-order valence-corrected chi connectivity index (χ1v) is 15.6. The van der Waals surface area contributed by atoms with Crippen LogP contribution in [0, 0.1) is 17.8 Å². The second-order valence-electron chi connectivity index (χ2n) is 13.7. The van der Waals surface area contributed by atoms with Gasteiger partial charge in [-0.1, -0.05) is 71.9 Å². The van der Waals surface area contributed by atoms with Crippen LogP contribution in [-0.2, 0) is 25.5 Å². The summed E-state index contributed by atoms with van der Waals surface area (Å²) < 4.78 is 10.3. The normalized spacial score (nSPS) is 14.4. The summed E-state index contributed by atoms with van der Waals surface area (Å²) in [5.41, 5.74) is 0.159. The Balaban J connectivity index is 3.21. The molecule has 0 bridgehead atoms. The molecule has 250 valence electrons. The van der Waals surface area contributed by atoms with Crippen molar-refractivity contribution in [3.8, 4) is 0 Å².